The average Bonchev–Trinajstić information content (AvgIpc) is 2.81. The summed E-state index contributed by atoms with van der Waals surface area (Å²) in [5.74, 6) is 0. The maximum atomic E-state index is 6.08. The van der Waals surface area contributed by atoms with Gasteiger partial charge in [0.05, 0.1) is 12.7 Å². The van der Waals surface area contributed by atoms with Crippen LogP contribution < -0.4 is 5.32 Å². The second-order valence-electron chi connectivity index (χ2n) is 6.55. The van der Waals surface area contributed by atoms with Gasteiger partial charge >= 0.3 is 0 Å². The zero-order valence-corrected chi connectivity index (χ0v) is 12.1. The van der Waals surface area contributed by atoms with Crippen LogP contribution in [0.5, 0.6) is 0 Å². The Morgan fingerprint density at radius 3 is 3.00 bits per heavy atom. The van der Waals surface area contributed by atoms with E-state index in [0.29, 0.717) is 17.6 Å². The number of nitrogens with one attached hydrogen (secondary N) is 1. The first-order chi connectivity index (χ1) is 9.20. The molecule has 1 aromatic rings. The van der Waals surface area contributed by atoms with Crippen molar-refractivity contribution in [3.63, 3.8) is 0 Å². The molecule has 1 saturated carbocycles. The van der Waals surface area contributed by atoms with Gasteiger partial charge in [0.15, 0.2) is 0 Å². The van der Waals surface area contributed by atoms with Crippen LogP contribution in [0.4, 0.5) is 0 Å². The SMILES string of the molecule is CNC1CCC(C)(CC2OCCc3ccccc32)C1. The summed E-state index contributed by atoms with van der Waals surface area (Å²) in [7, 11) is 2.09. The molecule has 1 heterocycles. The van der Waals surface area contributed by atoms with Crippen LogP contribution in [0.15, 0.2) is 24.3 Å². The molecular weight excluding hydrogens is 234 g/mol. The molecule has 1 aliphatic carbocycles. The van der Waals surface area contributed by atoms with Crippen molar-refractivity contribution in [3.05, 3.63) is 35.4 Å². The van der Waals surface area contributed by atoms with Gasteiger partial charge in [-0.15, -0.1) is 0 Å². The fraction of sp³-hybridized carbons (Fsp3) is 0.647. The predicted octanol–water partition coefficient (Wildman–Crippen LogP) is 3.47. The summed E-state index contributed by atoms with van der Waals surface area (Å²) >= 11 is 0. The Morgan fingerprint density at radius 1 is 1.37 bits per heavy atom. The number of hydrogen-bond acceptors (Lipinski definition) is 2. The molecule has 0 saturated heterocycles. The predicted molar refractivity (Wildman–Crippen MR) is 78.3 cm³/mol. The lowest BCUT2D eigenvalue weighted by Crippen LogP contribution is -2.26. The highest BCUT2D eigenvalue weighted by Gasteiger charge is 2.37. The Labute approximate surface area is 116 Å². The van der Waals surface area contributed by atoms with Crippen LogP contribution in [0, 0.1) is 5.41 Å². The first-order valence-electron chi connectivity index (χ1n) is 7.57. The third kappa shape index (κ3) is 2.70. The molecule has 3 atom stereocenters. The molecule has 1 aromatic carbocycles. The Kier molecular flexibility index (Phi) is 3.64. The van der Waals surface area contributed by atoms with Crippen LogP contribution >= 0.6 is 0 Å². The van der Waals surface area contributed by atoms with Gasteiger partial charge in [0, 0.05) is 6.04 Å². The third-order valence-corrected chi connectivity index (χ3v) is 5.01. The van der Waals surface area contributed by atoms with E-state index in [9.17, 15) is 0 Å². The van der Waals surface area contributed by atoms with Crippen molar-refractivity contribution in [2.24, 2.45) is 5.41 Å². The van der Waals surface area contributed by atoms with Crippen LogP contribution in [-0.4, -0.2) is 19.7 Å². The molecule has 104 valence electrons. The molecule has 3 unspecified atom stereocenters. The minimum atomic E-state index is 0.311. The smallest absolute Gasteiger partial charge is 0.0832 e. The highest BCUT2D eigenvalue weighted by atomic mass is 16.5. The van der Waals surface area contributed by atoms with Gasteiger partial charge in [-0.2, -0.15) is 0 Å². The third-order valence-electron chi connectivity index (χ3n) is 5.01. The lowest BCUT2D eigenvalue weighted by atomic mass is 9.79. The van der Waals surface area contributed by atoms with E-state index in [-0.39, 0.29) is 0 Å². The summed E-state index contributed by atoms with van der Waals surface area (Å²) in [6, 6.07) is 9.51. The molecular formula is C17H25NO. The van der Waals surface area contributed by atoms with Gasteiger partial charge in [-0.25, -0.2) is 0 Å². The molecule has 2 heteroatoms. The Morgan fingerprint density at radius 2 is 2.21 bits per heavy atom. The van der Waals surface area contributed by atoms with E-state index in [1.54, 1.807) is 0 Å². The van der Waals surface area contributed by atoms with Crippen molar-refractivity contribution in [2.75, 3.05) is 13.7 Å². The first kappa shape index (κ1) is 13.1. The van der Waals surface area contributed by atoms with E-state index < -0.39 is 0 Å². The number of rotatable bonds is 3. The second-order valence-corrected chi connectivity index (χ2v) is 6.55. The molecule has 2 aliphatic rings. The van der Waals surface area contributed by atoms with Gasteiger partial charge in [-0.05, 0) is 55.7 Å². The lowest BCUT2D eigenvalue weighted by Gasteiger charge is -2.33. The zero-order chi connectivity index (χ0) is 13.3. The van der Waals surface area contributed by atoms with Crippen molar-refractivity contribution in [1.82, 2.24) is 5.32 Å². The second kappa shape index (κ2) is 5.26. The Balaban J connectivity index is 1.74. The van der Waals surface area contributed by atoms with Crippen molar-refractivity contribution < 1.29 is 4.74 Å². The lowest BCUT2D eigenvalue weighted by molar-refractivity contribution is 0.00938. The first-order valence-corrected chi connectivity index (χ1v) is 7.57. The van der Waals surface area contributed by atoms with Crippen molar-refractivity contribution >= 4 is 0 Å². The summed E-state index contributed by atoms with van der Waals surface area (Å²) in [6.45, 7) is 3.32. The van der Waals surface area contributed by atoms with Crippen LogP contribution in [-0.2, 0) is 11.2 Å². The van der Waals surface area contributed by atoms with E-state index in [4.69, 9.17) is 4.74 Å². The molecule has 0 bridgehead atoms. The zero-order valence-electron chi connectivity index (χ0n) is 12.1. The standard InChI is InChI=1S/C17H25NO/c1-17(9-7-14(11-17)18-2)12-16-15-6-4-3-5-13(15)8-10-19-16/h3-6,14,16,18H,7-12H2,1-2H3. The van der Waals surface area contributed by atoms with Gasteiger partial charge in [0.1, 0.15) is 0 Å². The minimum Gasteiger partial charge on any atom is -0.373 e. The number of ether oxygens (including phenoxy) is 1. The van der Waals surface area contributed by atoms with Crippen LogP contribution in [0.1, 0.15) is 49.8 Å². The number of hydrogen-bond donors (Lipinski definition) is 1. The largest absolute Gasteiger partial charge is 0.373 e. The molecule has 0 amide bonds. The Bertz CT molecular complexity index is 445. The van der Waals surface area contributed by atoms with E-state index >= 15 is 0 Å². The number of fused-ring (bicyclic) bond motifs is 1. The quantitative estimate of drug-likeness (QED) is 0.897. The van der Waals surface area contributed by atoms with Crippen LogP contribution in [0.25, 0.3) is 0 Å². The van der Waals surface area contributed by atoms with Crippen molar-refractivity contribution in [1.29, 1.82) is 0 Å². The fourth-order valence-corrected chi connectivity index (χ4v) is 3.85. The van der Waals surface area contributed by atoms with Crippen molar-refractivity contribution in [2.45, 2.75) is 51.2 Å². The summed E-state index contributed by atoms with van der Waals surface area (Å²) in [4.78, 5) is 0. The molecule has 0 radical (unpaired) electrons. The van der Waals surface area contributed by atoms with E-state index in [1.807, 2.05) is 0 Å². The van der Waals surface area contributed by atoms with Gasteiger partial charge < -0.3 is 10.1 Å². The molecule has 1 N–H and O–H groups in total. The molecule has 1 aliphatic heterocycles. The highest BCUT2D eigenvalue weighted by molar-refractivity contribution is 5.31. The summed E-state index contributed by atoms with van der Waals surface area (Å²) in [5, 5.41) is 3.43. The van der Waals surface area contributed by atoms with Gasteiger partial charge in [0.25, 0.3) is 0 Å². The Hall–Kier alpha value is -0.860. The van der Waals surface area contributed by atoms with Gasteiger partial charge in [-0.3, -0.25) is 0 Å². The summed E-state index contributed by atoms with van der Waals surface area (Å²) in [6.07, 6.45) is 6.46. The van der Waals surface area contributed by atoms with Gasteiger partial charge in [0.2, 0.25) is 0 Å². The topological polar surface area (TPSA) is 21.3 Å². The van der Waals surface area contributed by atoms with Gasteiger partial charge in [-0.1, -0.05) is 31.2 Å². The maximum Gasteiger partial charge on any atom is 0.0832 e. The minimum absolute atomic E-state index is 0.311. The van der Waals surface area contributed by atoms with Crippen LogP contribution in [0.3, 0.4) is 0 Å². The van der Waals surface area contributed by atoms with E-state index in [0.717, 1.165) is 13.0 Å². The molecule has 3 rings (SSSR count). The van der Waals surface area contributed by atoms with Crippen LogP contribution in [0.2, 0.25) is 0 Å². The monoisotopic (exact) mass is 259 g/mol. The maximum absolute atomic E-state index is 6.08. The van der Waals surface area contributed by atoms with E-state index in [2.05, 4.69) is 43.6 Å². The normalized spacial score (nSPS) is 34.2. The molecule has 2 nitrogen and oxygen atoms in total. The highest BCUT2D eigenvalue weighted by Crippen LogP contribution is 2.46. The average molecular weight is 259 g/mol. The fourth-order valence-electron chi connectivity index (χ4n) is 3.85. The number of benzene rings is 1. The molecule has 0 aromatic heterocycles. The molecule has 1 fully saturated rings. The van der Waals surface area contributed by atoms with Crippen molar-refractivity contribution in [3.8, 4) is 0 Å². The molecule has 19 heavy (non-hydrogen) atoms. The van der Waals surface area contributed by atoms with E-state index in [1.165, 1.54) is 36.8 Å². The molecule has 0 spiro atoms. The summed E-state index contributed by atoms with van der Waals surface area (Å²) in [5.41, 5.74) is 3.36. The summed E-state index contributed by atoms with van der Waals surface area (Å²) < 4.78 is 6.08.